The number of benzene rings is 1. The van der Waals surface area contributed by atoms with Crippen LogP contribution in [0.25, 0.3) is 0 Å². The summed E-state index contributed by atoms with van der Waals surface area (Å²) < 4.78 is 10.9. The van der Waals surface area contributed by atoms with Crippen LogP contribution in [0, 0.1) is 13.8 Å². The van der Waals surface area contributed by atoms with Crippen LogP contribution in [0.5, 0.6) is 0 Å². The Morgan fingerprint density at radius 3 is 2.71 bits per heavy atom. The lowest BCUT2D eigenvalue weighted by Gasteiger charge is -2.17. The van der Waals surface area contributed by atoms with E-state index in [0.717, 1.165) is 18.7 Å². The zero-order valence-electron chi connectivity index (χ0n) is 11.2. The van der Waals surface area contributed by atoms with Gasteiger partial charge < -0.3 is 5.32 Å². The fraction of sp³-hybridized carbons (Fsp3) is 0.571. The number of hydrogen-bond donors (Lipinski definition) is 1. The molecule has 2 atom stereocenters. The molecule has 3 heteroatoms. The average Bonchev–Trinajstić information content (AvgIpc) is 2.27. The zero-order chi connectivity index (χ0) is 12.8. The Kier molecular flexibility index (Phi) is 5.86. The van der Waals surface area contributed by atoms with Gasteiger partial charge in [-0.05, 0) is 44.9 Å². The van der Waals surface area contributed by atoms with Gasteiger partial charge in [-0.3, -0.25) is 4.21 Å². The van der Waals surface area contributed by atoms with Crippen molar-refractivity contribution in [3.05, 3.63) is 34.9 Å². The standard InChI is InChI=1S/C14H23NOS/c1-11-6-7-12(2)14(10-11)13(3)15-8-5-9-17(4)16/h6-7,10,13,15H,5,8-9H2,1-4H3. The van der Waals surface area contributed by atoms with E-state index in [9.17, 15) is 4.21 Å². The molecule has 2 unspecified atom stereocenters. The second-order valence-corrected chi connectivity index (χ2v) is 6.22. The summed E-state index contributed by atoms with van der Waals surface area (Å²) in [4.78, 5) is 0. The largest absolute Gasteiger partial charge is 0.310 e. The van der Waals surface area contributed by atoms with Crippen molar-refractivity contribution in [2.75, 3.05) is 18.6 Å². The molecule has 0 bridgehead atoms. The van der Waals surface area contributed by atoms with E-state index in [1.807, 2.05) is 0 Å². The lowest BCUT2D eigenvalue weighted by atomic mass is 10.00. The summed E-state index contributed by atoms with van der Waals surface area (Å²) in [5.41, 5.74) is 3.99. The first-order chi connectivity index (χ1) is 8.00. The van der Waals surface area contributed by atoms with Gasteiger partial charge in [0.15, 0.2) is 0 Å². The molecule has 1 rings (SSSR count). The van der Waals surface area contributed by atoms with E-state index in [4.69, 9.17) is 0 Å². The highest BCUT2D eigenvalue weighted by atomic mass is 32.2. The van der Waals surface area contributed by atoms with Crippen LogP contribution in [0.2, 0.25) is 0 Å². The van der Waals surface area contributed by atoms with Crippen LogP contribution in [0.3, 0.4) is 0 Å². The van der Waals surface area contributed by atoms with Gasteiger partial charge in [0.25, 0.3) is 0 Å². The van der Waals surface area contributed by atoms with Crippen molar-refractivity contribution in [1.82, 2.24) is 5.32 Å². The highest BCUT2D eigenvalue weighted by molar-refractivity contribution is 7.84. The fourth-order valence-electron chi connectivity index (χ4n) is 1.93. The van der Waals surface area contributed by atoms with E-state index < -0.39 is 10.8 Å². The lowest BCUT2D eigenvalue weighted by Crippen LogP contribution is -2.21. The Balaban J connectivity index is 2.49. The summed E-state index contributed by atoms with van der Waals surface area (Å²) in [6, 6.07) is 6.92. The molecule has 1 aromatic rings. The molecule has 0 aliphatic heterocycles. The quantitative estimate of drug-likeness (QED) is 0.790. The fourth-order valence-corrected chi connectivity index (χ4v) is 2.48. The summed E-state index contributed by atoms with van der Waals surface area (Å²) in [5.74, 6) is 0.784. The van der Waals surface area contributed by atoms with Crippen LogP contribution < -0.4 is 5.32 Å². The number of rotatable bonds is 6. The van der Waals surface area contributed by atoms with E-state index in [0.29, 0.717) is 6.04 Å². The Morgan fingerprint density at radius 2 is 2.06 bits per heavy atom. The van der Waals surface area contributed by atoms with Crippen LogP contribution in [0.4, 0.5) is 0 Å². The van der Waals surface area contributed by atoms with Gasteiger partial charge in [-0.2, -0.15) is 0 Å². The molecular formula is C14H23NOS. The molecule has 0 saturated carbocycles. The molecule has 0 aromatic heterocycles. The minimum Gasteiger partial charge on any atom is -0.310 e. The van der Waals surface area contributed by atoms with Crippen LogP contribution in [-0.4, -0.2) is 22.8 Å². The SMILES string of the molecule is Cc1ccc(C)c(C(C)NCCCS(C)=O)c1. The summed E-state index contributed by atoms with van der Waals surface area (Å²) in [5, 5.41) is 3.49. The van der Waals surface area contributed by atoms with Gasteiger partial charge in [-0.1, -0.05) is 23.8 Å². The highest BCUT2D eigenvalue weighted by Crippen LogP contribution is 2.18. The Labute approximate surface area is 107 Å². The van der Waals surface area contributed by atoms with Crippen LogP contribution in [0.1, 0.15) is 36.1 Å². The smallest absolute Gasteiger partial charge is 0.0294 e. The second kappa shape index (κ2) is 6.92. The molecule has 0 heterocycles. The summed E-state index contributed by atoms with van der Waals surface area (Å²) in [7, 11) is -0.673. The molecule has 0 aliphatic rings. The van der Waals surface area contributed by atoms with Crippen molar-refractivity contribution in [3.8, 4) is 0 Å². The van der Waals surface area contributed by atoms with Gasteiger partial charge in [0, 0.05) is 28.9 Å². The predicted octanol–water partition coefficient (Wildman–Crippen LogP) is 2.72. The Bertz CT molecular complexity index is 390. The van der Waals surface area contributed by atoms with Crippen LogP contribution in [0.15, 0.2) is 18.2 Å². The van der Waals surface area contributed by atoms with Gasteiger partial charge in [0.05, 0.1) is 0 Å². The monoisotopic (exact) mass is 253 g/mol. The van der Waals surface area contributed by atoms with Gasteiger partial charge in [-0.25, -0.2) is 0 Å². The van der Waals surface area contributed by atoms with Crippen LogP contribution >= 0.6 is 0 Å². The van der Waals surface area contributed by atoms with Gasteiger partial charge in [0.1, 0.15) is 0 Å². The highest BCUT2D eigenvalue weighted by Gasteiger charge is 2.07. The maximum Gasteiger partial charge on any atom is 0.0294 e. The molecule has 0 spiro atoms. The summed E-state index contributed by atoms with van der Waals surface area (Å²) in [6.45, 7) is 7.38. The van der Waals surface area contributed by atoms with Crippen molar-refractivity contribution in [2.45, 2.75) is 33.2 Å². The number of aryl methyl sites for hydroxylation is 2. The van der Waals surface area contributed by atoms with E-state index in [1.165, 1.54) is 16.7 Å². The molecule has 0 aliphatic carbocycles. The van der Waals surface area contributed by atoms with Gasteiger partial charge >= 0.3 is 0 Å². The van der Waals surface area contributed by atoms with Gasteiger partial charge in [-0.15, -0.1) is 0 Å². The van der Waals surface area contributed by atoms with Crippen molar-refractivity contribution in [3.63, 3.8) is 0 Å². The molecule has 1 aromatic carbocycles. The minimum atomic E-state index is -0.673. The van der Waals surface area contributed by atoms with E-state index in [2.05, 4.69) is 44.3 Å². The molecule has 0 fully saturated rings. The third-order valence-electron chi connectivity index (χ3n) is 2.96. The van der Waals surface area contributed by atoms with E-state index in [-0.39, 0.29) is 0 Å². The van der Waals surface area contributed by atoms with Crippen molar-refractivity contribution in [1.29, 1.82) is 0 Å². The first-order valence-electron chi connectivity index (χ1n) is 6.11. The number of hydrogen-bond acceptors (Lipinski definition) is 2. The first kappa shape index (κ1) is 14.4. The molecule has 2 nitrogen and oxygen atoms in total. The number of nitrogens with one attached hydrogen (secondary N) is 1. The van der Waals surface area contributed by atoms with Gasteiger partial charge in [0.2, 0.25) is 0 Å². The molecule has 0 radical (unpaired) electrons. The Hall–Kier alpha value is -0.670. The molecule has 17 heavy (non-hydrogen) atoms. The maximum absolute atomic E-state index is 10.9. The second-order valence-electron chi connectivity index (χ2n) is 4.67. The molecule has 96 valence electrons. The molecule has 1 N–H and O–H groups in total. The summed E-state index contributed by atoms with van der Waals surface area (Å²) in [6.07, 6.45) is 2.73. The maximum atomic E-state index is 10.9. The van der Waals surface area contributed by atoms with E-state index in [1.54, 1.807) is 6.26 Å². The Morgan fingerprint density at radius 1 is 1.35 bits per heavy atom. The minimum absolute atomic E-state index is 0.361. The average molecular weight is 253 g/mol. The normalized spacial score (nSPS) is 14.6. The topological polar surface area (TPSA) is 29.1 Å². The van der Waals surface area contributed by atoms with E-state index >= 15 is 0 Å². The molecular weight excluding hydrogens is 230 g/mol. The zero-order valence-corrected chi connectivity index (χ0v) is 12.1. The molecule has 0 saturated heterocycles. The van der Waals surface area contributed by atoms with Crippen molar-refractivity contribution in [2.24, 2.45) is 0 Å². The first-order valence-corrected chi connectivity index (χ1v) is 7.84. The van der Waals surface area contributed by atoms with Crippen molar-refractivity contribution < 1.29 is 4.21 Å². The third kappa shape index (κ3) is 5.00. The van der Waals surface area contributed by atoms with Crippen molar-refractivity contribution >= 4 is 10.8 Å². The van der Waals surface area contributed by atoms with Crippen LogP contribution in [-0.2, 0) is 10.8 Å². The lowest BCUT2D eigenvalue weighted by molar-refractivity contribution is 0.568. The summed E-state index contributed by atoms with van der Waals surface area (Å²) >= 11 is 0. The predicted molar refractivity (Wildman–Crippen MR) is 75.9 cm³/mol. The third-order valence-corrected chi connectivity index (χ3v) is 3.82. The molecule has 0 amide bonds.